The molecule has 4 rings (SSSR count). The highest BCUT2D eigenvalue weighted by molar-refractivity contribution is 7.71. The van der Waals surface area contributed by atoms with Crippen LogP contribution in [0, 0.1) is 17.6 Å². The van der Waals surface area contributed by atoms with Gasteiger partial charge in [-0.2, -0.15) is 5.10 Å². The second-order valence-corrected chi connectivity index (χ2v) is 8.69. The zero-order valence-corrected chi connectivity index (χ0v) is 18.9. The quantitative estimate of drug-likeness (QED) is 0.375. The predicted molar refractivity (Wildman–Crippen MR) is 128 cm³/mol. The molecule has 0 saturated carbocycles. The van der Waals surface area contributed by atoms with Crippen LogP contribution < -0.4 is 5.32 Å². The van der Waals surface area contributed by atoms with Gasteiger partial charge in [-0.15, -0.1) is 0 Å². The van der Waals surface area contributed by atoms with Crippen LogP contribution in [0.3, 0.4) is 0 Å². The first kappa shape index (κ1) is 21.1. The largest absolute Gasteiger partial charge is 0.347 e. The van der Waals surface area contributed by atoms with Gasteiger partial charge in [-0.05, 0) is 55.4 Å². The van der Waals surface area contributed by atoms with Crippen molar-refractivity contribution >= 4 is 34.7 Å². The molecule has 0 bridgehead atoms. The van der Waals surface area contributed by atoms with Gasteiger partial charge >= 0.3 is 0 Å². The van der Waals surface area contributed by atoms with E-state index < -0.39 is 0 Å². The first-order valence-corrected chi connectivity index (χ1v) is 10.9. The number of aryl methyl sites for hydroxylation is 1. The maximum Gasteiger partial charge on any atom is 0.226 e. The average molecular weight is 434 g/mol. The predicted octanol–water partition coefficient (Wildman–Crippen LogP) is 5.56. The van der Waals surface area contributed by atoms with E-state index in [1.807, 2.05) is 41.8 Å². The third kappa shape index (κ3) is 4.77. The SMILES string of the molecule is Cc1cccc(-c2n[nH]c(=S)n2CCC(=O)Nc2ccc3c(ccn3CC(C)C)c2)c1. The van der Waals surface area contributed by atoms with Crippen LogP contribution >= 0.6 is 12.2 Å². The fourth-order valence-corrected chi connectivity index (χ4v) is 4.02. The van der Waals surface area contributed by atoms with Gasteiger partial charge in [-0.1, -0.05) is 37.6 Å². The highest BCUT2D eigenvalue weighted by atomic mass is 32.1. The first-order valence-electron chi connectivity index (χ1n) is 10.5. The van der Waals surface area contributed by atoms with Crippen LogP contribution in [0.1, 0.15) is 25.8 Å². The van der Waals surface area contributed by atoms with Gasteiger partial charge in [0.25, 0.3) is 0 Å². The number of benzene rings is 2. The van der Waals surface area contributed by atoms with Crippen LogP contribution in [-0.4, -0.2) is 25.2 Å². The molecule has 0 atom stereocenters. The molecule has 6 nitrogen and oxygen atoms in total. The first-order chi connectivity index (χ1) is 14.9. The van der Waals surface area contributed by atoms with Crippen molar-refractivity contribution in [2.75, 3.05) is 5.32 Å². The molecule has 0 aliphatic carbocycles. The van der Waals surface area contributed by atoms with Gasteiger partial charge < -0.3 is 9.88 Å². The smallest absolute Gasteiger partial charge is 0.226 e. The molecule has 0 fully saturated rings. The van der Waals surface area contributed by atoms with Gasteiger partial charge in [0.05, 0.1) is 0 Å². The van der Waals surface area contributed by atoms with Gasteiger partial charge in [-0.25, -0.2) is 0 Å². The van der Waals surface area contributed by atoms with Gasteiger partial charge in [0.2, 0.25) is 5.91 Å². The monoisotopic (exact) mass is 433 g/mol. The molecule has 31 heavy (non-hydrogen) atoms. The van der Waals surface area contributed by atoms with E-state index in [2.05, 4.69) is 58.3 Å². The van der Waals surface area contributed by atoms with Gasteiger partial charge in [0.15, 0.2) is 10.6 Å². The van der Waals surface area contributed by atoms with Crippen molar-refractivity contribution in [3.8, 4) is 11.4 Å². The number of aromatic nitrogens is 4. The number of hydrogen-bond acceptors (Lipinski definition) is 3. The Bertz CT molecular complexity index is 1280. The second kappa shape index (κ2) is 8.89. The summed E-state index contributed by atoms with van der Waals surface area (Å²) in [5.74, 6) is 1.27. The van der Waals surface area contributed by atoms with E-state index >= 15 is 0 Å². The van der Waals surface area contributed by atoms with Crippen molar-refractivity contribution in [2.24, 2.45) is 5.92 Å². The van der Waals surface area contributed by atoms with Crippen molar-refractivity contribution < 1.29 is 4.79 Å². The molecule has 0 saturated heterocycles. The van der Waals surface area contributed by atoms with E-state index in [1.54, 1.807) is 0 Å². The number of hydrogen-bond donors (Lipinski definition) is 2. The fourth-order valence-electron chi connectivity index (χ4n) is 3.80. The zero-order valence-electron chi connectivity index (χ0n) is 18.1. The third-order valence-electron chi connectivity index (χ3n) is 5.21. The van der Waals surface area contributed by atoms with Crippen LogP contribution in [0.25, 0.3) is 22.3 Å². The fraction of sp³-hybridized carbons (Fsp3) is 0.292. The van der Waals surface area contributed by atoms with Gasteiger partial charge in [0, 0.05) is 47.9 Å². The lowest BCUT2D eigenvalue weighted by Gasteiger charge is -2.10. The lowest BCUT2D eigenvalue weighted by molar-refractivity contribution is -0.116. The molecule has 0 aliphatic rings. The van der Waals surface area contributed by atoms with E-state index in [4.69, 9.17) is 12.2 Å². The molecule has 0 spiro atoms. The van der Waals surface area contributed by atoms with Crippen molar-refractivity contribution in [3.05, 3.63) is 65.1 Å². The summed E-state index contributed by atoms with van der Waals surface area (Å²) < 4.78 is 4.63. The maximum atomic E-state index is 12.6. The number of nitrogens with one attached hydrogen (secondary N) is 2. The number of rotatable bonds is 7. The normalized spacial score (nSPS) is 11.4. The summed E-state index contributed by atoms with van der Waals surface area (Å²) in [6.07, 6.45) is 2.41. The standard InChI is InChI=1S/C24H27N5OS/c1-16(2)15-28-11-9-18-14-20(7-8-21(18)28)25-22(30)10-12-29-23(26-27-24(29)31)19-6-4-5-17(3)13-19/h4-9,11,13-14,16H,10,12,15H2,1-3H3,(H,25,30)(H,27,31). The summed E-state index contributed by atoms with van der Waals surface area (Å²) in [4.78, 5) is 12.6. The van der Waals surface area contributed by atoms with Crippen LogP contribution in [0.4, 0.5) is 5.69 Å². The Kier molecular flexibility index (Phi) is 6.04. The molecule has 0 aliphatic heterocycles. The summed E-state index contributed by atoms with van der Waals surface area (Å²) in [6, 6.07) is 16.2. The number of H-pyrrole nitrogens is 1. The number of anilines is 1. The van der Waals surface area contributed by atoms with Gasteiger partial charge in [0.1, 0.15) is 0 Å². The molecule has 4 aromatic rings. The minimum absolute atomic E-state index is 0.0562. The summed E-state index contributed by atoms with van der Waals surface area (Å²) in [5.41, 5.74) is 4.10. The van der Waals surface area contributed by atoms with Crippen LogP contribution in [0.5, 0.6) is 0 Å². The number of fused-ring (bicyclic) bond motifs is 1. The number of aromatic amines is 1. The topological polar surface area (TPSA) is 67.6 Å². The number of carbonyl (C=O) groups is 1. The van der Waals surface area contributed by atoms with E-state index in [1.165, 1.54) is 5.52 Å². The highest BCUT2D eigenvalue weighted by Gasteiger charge is 2.12. The van der Waals surface area contributed by atoms with E-state index in [0.29, 0.717) is 23.7 Å². The Labute approximate surface area is 186 Å². The average Bonchev–Trinajstić information content (AvgIpc) is 3.29. The summed E-state index contributed by atoms with van der Waals surface area (Å²) in [6.45, 7) is 7.88. The van der Waals surface area contributed by atoms with Crippen molar-refractivity contribution in [2.45, 2.75) is 40.3 Å². The zero-order chi connectivity index (χ0) is 22.0. The summed E-state index contributed by atoms with van der Waals surface area (Å²) >= 11 is 5.38. The van der Waals surface area contributed by atoms with Crippen molar-refractivity contribution in [3.63, 3.8) is 0 Å². The Hall–Kier alpha value is -3.19. The van der Waals surface area contributed by atoms with E-state index in [-0.39, 0.29) is 5.91 Å². The van der Waals surface area contributed by atoms with Crippen molar-refractivity contribution in [1.82, 2.24) is 19.3 Å². The third-order valence-corrected chi connectivity index (χ3v) is 5.53. The van der Waals surface area contributed by atoms with Crippen LogP contribution in [0.15, 0.2) is 54.7 Å². The molecule has 1 amide bonds. The maximum absolute atomic E-state index is 12.6. The number of nitrogens with zero attached hydrogens (tertiary/aromatic N) is 3. The van der Waals surface area contributed by atoms with Crippen LogP contribution in [-0.2, 0) is 17.9 Å². The van der Waals surface area contributed by atoms with Crippen LogP contribution in [0.2, 0.25) is 0 Å². The minimum Gasteiger partial charge on any atom is -0.347 e. The molecule has 7 heteroatoms. The lowest BCUT2D eigenvalue weighted by Crippen LogP contribution is -2.15. The minimum atomic E-state index is -0.0562. The summed E-state index contributed by atoms with van der Waals surface area (Å²) in [5, 5.41) is 11.3. The Morgan fingerprint density at radius 2 is 2.03 bits per heavy atom. The molecule has 0 unspecified atom stereocenters. The molecule has 2 aromatic heterocycles. The number of carbonyl (C=O) groups excluding carboxylic acids is 1. The highest BCUT2D eigenvalue weighted by Crippen LogP contribution is 2.22. The molecule has 2 N–H and O–H groups in total. The molecular formula is C24H27N5OS. The van der Waals surface area contributed by atoms with E-state index in [0.717, 1.165) is 34.6 Å². The lowest BCUT2D eigenvalue weighted by atomic mass is 10.1. The Balaban J connectivity index is 1.44. The number of amides is 1. The molecule has 160 valence electrons. The molecule has 0 radical (unpaired) electrons. The molecule has 2 heterocycles. The molecule has 2 aromatic carbocycles. The second-order valence-electron chi connectivity index (χ2n) is 8.31. The summed E-state index contributed by atoms with van der Waals surface area (Å²) in [7, 11) is 0. The Morgan fingerprint density at radius 3 is 2.81 bits per heavy atom. The van der Waals surface area contributed by atoms with Gasteiger partial charge in [-0.3, -0.25) is 14.5 Å². The molecular weight excluding hydrogens is 406 g/mol. The van der Waals surface area contributed by atoms with Crippen molar-refractivity contribution in [1.29, 1.82) is 0 Å². The Morgan fingerprint density at radius 1 is 1.19 bits per heavy atom. The van der Waals surface area contributed by atoms with E-state index in [9.17, 15) is 4.79 Å².